The molecule has 6 aromatic heterocycles. The van der Waals surface area contributed by atoms with Gasteiger partial charge in [0.25, 0.3) is 0 Å². The zero-order valence-corrected chi connectivity index (χ0v) is 42.8. The first-order valence-corrected chi connectivity index (χ1v) is 20.8. The van der Waals surface area contributed by atoms with E-state index < -0.39 is 24.0 Å². The number of carboxylic acid groups (broad SMARTS) is 2. The maximum atomic E-state index is 10.9. The van der Waals surface area contributed by atoms with Gasteiger partial charge in [0.2, 0.25) is 0 Å². The first-order valence-electron chi connectivity index (χ1n) is 20.8. The zero-order valence-electron chi connectivity index (χ0n) is 40.9. The Labute approximate surface area is 461 Å². The standard InChI is InChI=1S/2C25H22N4O2.2N3.2Ni.7H2O/c2*1-17(25(30)31)28-16-18-8-10-19(11-9-18)20-14-23(21-6-2-4-12-26-21)29-24(15-20)22-7-3-5-13-27-22;2*1-3-2;;;;;;;;;/h2*2-15,17,28H,16H2,1H3,(H,30,31);;;;;7*1H2/q;;2*-1;2*+3;;;;;;;/p-2/t2*17-;;;;;;;;;;;/m00.........../s1. The van der Waals surface area contributed by atoms with Gasteiger partial charge in [-0.15, -0.1) is 0 Å². The Morgan fingerprint density at radius 3 is 0.844 bits per heavy atom. The predicted molar refractivity (Wildman–Crippen MR) is 280 cm³/mol. The molecule has 0 saturated carbocycles. The van der Waals surface area contributed by atoms with Gasteiger partial charge in [-0.25, -0.2) is 9.97 Å². The number of pyridine rings is 6. The van der Waals surface area contributed by atoms with Crippen molar-refractivity contribution >= 4 is 11.9 Å². The second-order valence-electron chi connectivity index (χ2n) is 14.5. The molecular weight excluding hydrogens is 1090 g/mol. The van der Waals surface area contributed by atoms with E-state index in [-0.39, 0.29) is 71.3 Å². The molecule has 0 saturated heterocycles. The molecule has 410 valence electrons. The molecule has 2 radical (unpaired) electrons. The van der Waals surface area contributed by atoms with E-state index in [1.807, 2.05) is 146 Å². The van der Waals surface area contributed by atoms with Crippen LogP contribution in [0.1, 0.15) is 25.0 Å². The molecule has 0 bridgehead atoms. The van der Waals surface area contributed by atoms with Gasteiger partial charge in [0, 0.05) is 50.0 Å². The summed E-state index contributed by atoms with van der Waals surface area (Å²) in [5.74, 6) is -2.23. The minimum absolute atomic E-state index is 0. The van der Waals surface area contributed by atoms with E-state index in [2.05, 4.69) is 30.6 Å². The number of hydrogen-bond acceptors (Lipinski definition) is 12. The molecular formula is C50H56N14Ni2O11+2. The van der Waals surface area contributed by atoms with Crippen molar-refractivity contribution in [3.63, 3.8) is 0 Å². The summed E-state index contributed by atoms with van der Waals surface area (Å²) in [6.07, 6.45) is 7.00. The molecule has 0 aliphatic rings. The summed E-state index contributed by atoms with van der Waals surface area (Å²) in [6, 6.07) is 45.6. The minimum Gasteiger partial charge on any atom is -0.548 e. The SMILES string of the molecule is C[C@H](NCc1ccc(-c2cc(-c3ccccn3)nc(-c3ccccn3)c2)cc1)C(=O)[O-].C[C@H](NCc1ccc(-c2cc(-c3ccccn3)nc(-c3ccccn3)c2)cc1)C(=O)[O-].O.O.O.O.O.O.O.[N-]=[N+]=[N-].[N-]=[N+]=[N-].[Ni+3].[Ni+3]. The Kier molecular flexibility index (Phi) is 41.1. The van der Waals surface area contributed by atoms with Crippen molar-refractivity contribution in [1.29, 1.82) is 0 Å². The van der Waals surface area contributed by atoms with Crippen LogP contribution in [0.4, 0.5) is 0 Å². The number of aromatic nitrogens is 6. The van der Waals surface area contributed by atoms with Crippen LogP contribution >= 0.6 is 0 Å². The second kappa shape index (κ2) is 40.9. The summed E-state index contributed by atoms with van der Waals surface area (Å²) >= 11 is 0. The van der Waals surface area contributed by atoms with Gasteiger partial charge in [-0.2, -0.15) is 0 Å². The molecule has 8 aromatic rings. The molecule has 0 aliphatic heterocycles. The summed E-state index contributed by atoms with van der Waals surface area (Å²) in [6.45, 7) is 4.03. The Morgan fingerprint density at radius 1 is 0.416 bits per heavy atom. The molecule has 2 aromatic carbocycles. The average molecular weight is 1150 g/mol. The number of benzene rings is 2. The van der Waals surface area contributed by atoms with Gasteiger partial charge in [0.15, 0.2) is 0 Å². The maximum Gasteiger partial charge on any atom is 3.00 e. The van der Waals surface area contributed by atoms with E-state index in [4.69, 9.17) is 32.1 Å². The van der Waals surface area contributed by atoms with Gasteiger partial charge in [0.1, 0.15) is 0 Å². The molecule has 27 heteroatoms. The topological polar surface area (TPSA) is 520 Å². The second-order valence-corrected chi connectivity index (χ2v) is 14.5. The normalized spacial score (nSPS) is 9.69. The van der Waals surface area contributed by atoms with Gasteiger partial charge in [-0.05, 0) is 120 Å². The van der Waals surface area contributed by atoms with E-state index in [1.165, 1.54) is 9.82 Å². The molecule has 0 spiro atoms. The molecule has 6 heterocycles. The average Bonchev–Trinajstić information content (AvgIpc) is 3.39. The third-order valence-electron chi connectivity index (χ3n) is 9.87. The summed E-state index contributed by atoms with van der Waals surface area (Å²) in [5, 5.41) is 27.6. The van der Waals surface area contributed by atoms with Crippen LogP contribution in [0.5, 0.6) is 0 Å². The van der Waals surface area contributed by atoms with E-state index in [0.717, 1.165) is 78.9 Å². The quantitative estimate of drug-likeness (QED) is 0.0685. The van der Waals surface area contributed by atoms with Crippen LogP contribution in [-0.4, -0.2) is 92.3 Å². The van der Waals surface area contributed by atoms with Crippen LogP contribution in [0, 0.1) is 0 Å². The monoisotopic (exact) mass is 1140 g/mol. The molecule has 2 atom stereocenters. The number of rotatable bonds is 14. The fourth-order valence-electron chi connectivity index (χ4n) is 6.32. The number of carbonyl (C=O) groups excluding carboxylic acids is 2. The fourth-order valence-corrected chi connectivity index (χ4v) is 6.32. The molecule has 8 rings (SSSR count). The molecule has 0 fully saturated rings. The molecule has 0 unspecified atom stereocenters. The number of carbonyl (C=O) groups is 2. The van der Waals surface area contributed by atoms with Crippen LogP contribution in [0.3, 0.4) is 0 Å². The Morgan fingerprint density at radius 2 is 0.649 bits per heavy atom. The van der Waals surface area contributed by atoms with Crippen LogP contribution < -0.4 is 20.8 Å². The fraction of sp³-hybridized carbons (Fsp3) is 0.120. The van der Waals surface area contributed by atoms with E-state index in [1.54, 1.807) is 38.6 Å². The number of hydrogen-bond donors (Lipinski definition) is 2. The van der Waals surface area contributed by atoms with Crippen molar-refractivity contribution in [2.24, 2.45) is 0 Å². The van der Waals surface area contributed by atoms with Gasteiger partial charge < -0.3 is 90.9 Å². The molecule has 0 aliphatic carbocycles. The molecule has 0 amide bonds. The van der Waals surface area contributed by atoms with Crippen molar-refractivity contribution in [3.8, 4) is 67.8 Å². The van der Waals surface area contributed by atoms with Crippen molar-refractivity contribution in [2.75, 3.05) is 0 Å². The van der Waals surface area contributed by atoms with Crippen LogP contribution in [0.15, 0.2) is 170 Å². The number of carboxylic acids is 2. The van der Waals surface area contributed by atoms with Crippen molar-refractivity contribution in [1.82, 2.24) is 40.5 Å². The predicted octanol–water partition coefficient (Wildman–Crippen LogP) is 2.16. The molecule has 16 N–H and O–H groups in total. The minimum atomic E-state index is -1.11. The Balaban J connectivity index is -0.000000368. The maximum absolute atomic E-state index is 10.9. The van der Waals surface area contributed by atoms with Gasteiger partial charge >= 0.3 is 33.0 Å². The van der Waals surface area contributed by atoms with E-state index in [9.17, 15) is 19.8 Å². The summed E-state index contributed by atoms with van der Waals surface area (Å²) in [7, 11) is 0. The smallest absolute Gasteiger partial charge is 0.548 e. The van der Waals surface area contributed by atoms with Gasteiger partial charge in [-0.3, -0.25) is 29.8 Å². The summed E-state index contributed by atoms with van der Waals surface area (Å²) in [5.41, 5.74) is 39.3. The number of nitrogens with zero attached hydrogens (tertiary/aromatic N) is 12. The van der Waals surface area contributed by atoms with Crippen LogP contribution in [-0.2, 0) is 55.7 Å². The number of aliphatic carboxylic acids is 2. The van der Waals surface area contributed by atoms with Gasteiger partial charge in [-0.1, -0.05) is 72.8 Å². The van der Waals surface area contributed by atoms with Crippen molar-refractivity contribution in [2.45, 2.75) is 39.0 Å². The summed E-state index contributed by atoms with van der Waals surface area (Å²) in [4.78, 5) is 52.1. The Hall–Kier alpha value is -8.47. The molecule has 77 heavy (non-hydrogen) atoms. The van der Waals surface area contributed by atoms with Crippen LogP contribution in [0.2, 0.25) is 0 Å². The number of nitrogens with one attached hydrogen (secondary N) is 2. The third kappa shape index (κ3) is 24.2. The third-order valence-corrected chi connectivity index (χ3v) is 9.87. The summed E-state index contributed by atoms with van der Waals surface area (Å²) < 4.78 is 0. The first-order chi connectivity index (χ1) is 33.0. The van der Waals surface area contributed by atoms with Crippen molar-refractivity contribution in [3.05, 3.63) is 213 Å². The van der Waals surface area contributed by atoms with Gasteiger partial charge in [0.05, 0.1) is 57.5 Å². The van der Waals surface area contributed by atoms with Crippen LogP contribution in [0.25, 0.3) is 99.8 Å². The Bertz CT molecular complexity index is 2640. The first kappa shape index (κ1) is 77.4. The molecule has 25 nitrogen and oxygen atoms in total. The largest absolute Gasteiger partial charge is 3.00 e. The van der Waals surface area contributed by atoms with E-state index in [0.29, 0.717) is 13.1 Å². The van der Waals surface area contributed by atoms with Crippen molar-refractivity contribution < 1.29 is 91.1 Å². The zero-order chi connectivity index (χ0) is 48.7. The van der Waals surface area contributed by atoms with E-state index >= 15 is 0 Å².